The first-order valence-electron chi connectivity index (χ1n) is 6.77. The van der Waals surface area contributed by atoms with Gasteiger partial charge in [0.25, 0.3) is 5.91 Å². The molecular formula is C16H14BrFN2O. The van der Waals surface area contributed by atoms with Crippen LogP contribution in [0.4, 0.5) is 15.8 Å². The van der Waals surface area contributed by atoms with Crippen LogP contribution in [0.5, 0.6) is 0 Å². The molecule has 0 saturated heterocycles. The molecule has 3 nitrogen and oxygen atoms in total. The lowest BCUT2D eigenvalue weighted by molar-refractivity contribution is 0.102. The average Bonchev–Trinajstić information content (AvgIpc) is 2.50. The van der Waals surface area contributed by atoms with Crippen LogP contribution in [0, 0.1) is 5.82 Å². The first kappa shape index (κ1) is 14.1. The van der Waals surface area contributed by atoms with Gasteiger partial charge in [0.1, 0.15) is 5.82 Å². The quantitative estimate of drug-likeness (QED) is 0.853. The van der Waals surface area contributed by atoms with Crippen molar-refractivity contribution in [2.45, 2.75) is 12.8 Å². The van der Waals surface area contributed by atoms with E-state index in [-0.39, 0.29) is 10.0 Å². The molecular weight excluding hydrogens is 335 g/mol. The van der Waals surface area contributed by atoms with Crippen molar-refractivity contribution in [2.24, 2.45) is 0 Å². The molecule has 0 saturated carbocycles. The first-order valence-corrected chi connectivity index (χ1v) is 7.56. The number of fused-ring (bicyclic) bond motifs is 1. The predicted molar refractivity (Wildman–Crippen MR) is 85.3 cm³/mol. The summed E-state index contributed by atoms with van der Waals surface area (Å²) < 4.78 is 14.2. The first-order chi connectivity index (χ1) is 10.1. The van der Waals surface area contributed by atoms with E-state index in [9.17, 15) is 9.18 Å². The van der Waals surface area contributed by atoms with Gasteiger partial charge in [0.15, 0.2) is 0 Å². The topological polar surface area (TPSA) is 41.1 Å². The molecule has 3 rings (SSSR count). The monoisotopic (exact) mass is 348 g/mol. The molecule has 2 N–H and O–H groups in total. The summed E-state index contributed by atoms with van der Waals surface area (Å²) in [4.78, 5) is 12.2. The summed E-state index contributed by atoms with van der Waals surface area (Å²) >= 11 is 3.08. The van der Waals surface area contributed by atoms with E-state index in [0.717, 1.165) is 25.1 Å². The number of hydrogen-bond acceptors (Lipinski definition) is 2. The lowest BCUT2D eigenvalue weighted by atomic mass is 10.0. The SMILES string of the molecule is O=C(Nc1ccc2c(c1)NCCC2)c1cccc(Br)c1F. The highest BCUT2D eigenvalue weighted by Crippen LogP contribution is 2.26. The van der Waals surface area contributed by atoms with Crippen LogP contribution in [0.2, 0.25) is 0 Å². The molecule has 1 aliphatic heterocycles. The fourth-order valence-electron chi connectivity index (χ4n) is 2.42. The van der Waals surface area contributed by atoms with Crippen LogP contribution in [0.25, 0.3) is 0 Å². The minimum absolute atomic E-state index is 0.0232. The van der Waals surface area contributed by atoms with Gasteiger partial charge >= 0.3 is 0 Å². The van der Waals surface area contributed by atoms with Gasteiger partial charge < -0.3 is 10.6 Å². The average molecular weight is 349 g/mol. The summed E-state index contributed by atoms with van der Waals surface area (Å²) in [5.74, 6) is -1.00. The third-order valence-corrected chi connectivity index (χ3v) is 4.11. The predicted octanol–water partition coefficient (Wildman–Crippen LogP) is 4.20. The Hall–Kier alpha value is -1.88. The normalized spacial score (nSPS) is 13.2. The van der Waals surface area contributed by atoms with E-state index >= 15 is 0 Å². The van der Waals surface area contributed by atoms with Gasteiger partial charge in [0, 0.05) is 17.9 Å². The number of hydrogen-bond donors (Lipinski definition) is 2. The second kappa shape index (κ2) is 5.85. The van der Waals surface area contributed by atoms with E-state index in [2.05, 4.69) is 26.6 Å². The second-order valence-electron chi connectivity index (χ2n) is 4.96. The fraction of sp³-hybridized carbons (Fsp3) is 0.188. The molecule has 0 spiro atoms. The van der Waals surface area contributed by atoms with Crippen LogP contribution in [0.15, 0.2) is 40.9 Å². The molecule has 0 radical (unpaired) electrons. The number of rotatable bonds is 2. The summed E-state index contributed by atoms with van der Waals surface area (Å²) in [5.41, 5.74) is 2.96. The fourth-order valence-corrected chi connectivity index (χ4v) is 2.78. The maximum Gasteiger partial charge on any atom is 0.258 e. The smallest absolute Gasteiger partial charge is 0.258 e. The highest BCUT2D eigenvalue weighted by Gasteiger charge is 2.15. The highest BCUT2D eigenvalue weighted by molar-refractivity contribution is 9.10. The van der Waals surface area contributed by atoms with Crippen LogP contribution in [0.1, 0.15) is 22.3 Å². The van der Waals surface area contributed by atoms with E-state index in [1.165, 1.54) is 11.6 Å². The Morgan fingerprint density at radius 3 is 3.00 bits per heavy atom. The van der Waals surface area contributed by atoms with Gasteiger partial charge in [-0.05, 0) is 58.6 Å². The number of halogens is 2. The lowest BCUT2D eigenvalue weighted by Gasteiger charge is -2.19. The van der Waals surface area contributed by atoms with E-state index in [0.29, 0.717) is 5.69 Å². The van der Waals surface area contributed by atoms with Crippen molar-refractivity contribution in [1.82, 2.24) is 0 Å². The van der Waals surface area contributed by atoms with Crippen LogP contribution in [-0.4, -0.2) is 12.5 Å². The summed E-state index contributed by atoms with van der Waals surface area (Å²) in [6.07, 6.45) is 2.15. The van der Waals surface area contributed by atoms with Crippen LogP contribution < -0.4 is 10.6 Å². The maximum absolute atomic E-state index is 13.9. The Labute approximate surface area is 130 Å². The van der Waals surface area contributed by atoms with Gasteiger partial charge in [-0.15, -0.1) is 0 Å². The molecule has 0 bridgehead atoms. The molecule has 1 heterocycles. The van der Waals surface area contributed by atoms with Crippen molar-refractivity contribution >= 4 is 33.2 Å². The maximum atomic E-state index is 13.9. The highest BCUT2D eigenvalue weighted by atomic mass is 79.9. The summed E-state index contributed by atoms with van der Waals surface area (Å²) in [7, 11) is 0. The summed E-state index contributed by atoms with van der Waals surface area (Å²) in [5, 5.41) is 6.04. The molecule has 21 heavy (non-hydrogen) atoms. The number of benzene rings is 2. The molecule has 0 atom stereocenters. The standard InChI is InChI=1S/C16H14BrFN2O/c17-13-5-1-4-12(15(13)18)16(21)20-11-7-6-10-3-2-8-19-14(10)9-11/h1,4-7,9,19H,2-3,8H2,(H,20,21). The molecule has 0 aromatic heterocycles. The number of anilines is 2. The zero-order valence-electron chi connectivity index (χ0n) is 11.2. The van der Waals surface area contributed by atoms with Crippen molar-refractivity contribution < 1.29 is 9.18 Å². The zero-order valence-corrected chi connectivity index (χ0v) is 12.8. The third-order valence-electron chi connectivity index (χ3n) is 3.50. The molecule has 2 aromatic carbocycles. The van der Waals surface area contributed by atoms with E-state index < -0.39 is 11.7 Å². The van der Waals surface area contributed by atoms with Crippen LogP contribution >= 0.6 is 15.9 Å². The Kier molecular flexibility index (Phi) is 3.92. The molecule has 0 unspecified atom stereocenters. The van der Waals surface area contributed by atoms with Crippen LogP contribution in [0.3, 0.4) is 0 Å². The van der Waals surface area contributed by atoms with Gasteiger partial charge in [0.05, 0.1) is 10.0 Å². The van der Waals surface area contributed by atoms with Gasteiger partial charge in [0.2, 0.25) is 0 Å². The number of aryl methyl sites for hydroxylation is 1. The van der Waals surface area contributed by atoms with E-state index in [4.69, 9.17) is 0 Å². The molecule has 0 aliphatic carbocycles. The van der Waals surface area contributed by atoms with Crippen molar-refractivity contribution in [2.75, 3.05) is 17.2 Å². The molecule has 1 aliphatic rings. The number of carbonyl (C=O) groups excluding carboxylic acids is 1. The molecule has 2 aromatic rings. The largest absolute Gasteiger partial charge is 0.385 e. The van der Waals surface area contributed by atoms with Crippen molar-refractivity contribution in [1.29, 1.82) is 0 Å². The number of nitrogens with one attached hydrogen (secondary N) is 2. The Balaban J connectivity index is 1.83. The van der Waals surface area contributed by atoms with Gasteiger partial charge in [-0.25, -0.2) is 4.39 Å². The Bertz CT molecular complexity index is 703. The van der Waals surface area contributed by atoms with E-state index in [1.807, 2.05) is 18.2 Å². The molecule has 108 valence electrons. The summed E-state index contributed by atoms with van der Waals surface area (Å²) in [6, 6.07) is 10.4. The van der Waals surface area contributed by atoms with Crippen LogP contribution in [-0.2, 0) is 6.42 Å². The minimum atomic E-state index is -0.550. The number of carbonyl (C=O) groups is 1. The third kappa shape index (κ3) is 2.93. The minimum Gasteiger partial charge on any atom is -0.385 e. The van der Waals surface area contributed by atoms with Crippen molar-refractivity contribution in [3.05, 3.63) is 57.8 Å². The Morgan fingerprint density at radius 2 is 2.14 bits per heavy atom. The van der Waals surface area contributed by atoms with Crippen molar-refractivity contribution in [3.8, 4) is 0 Å². The molecule has 5 heteroatoms. The van der Waals surface area contributed by atoms with Crippen molar-refractivity contribution in [3.63, 3.8) is 0 Å². The van der Waals surface area contributed by atoms with Gasteiger partial charge in [-0.2, -0.15) is 0 Å². The summed E-state index contributed by atoms with van der Waals surface area (Å²) in [6.45, 7) is 0.935. The zero-order chi connectivity index (χ0) is 14.8. The second-order valence-corrected chi connectivity index (χ2v) is 5.81. The Morgan fingerprint density at radius 1 is 1.29 bits per heavy atom. The van der Waals surface area contributed by atoms with E-state index in [1.54, 1.807) is 12.1 Å². The molecule has 1 amide bonds. The van der Waals surface area contributed by atoms with Gasteiger partial charge in [-0.1, -0.05) is 12.1 Å². The number of amides is 1. The van der Waals surface area contributed by atoms with Gasteiger partial charge in [-0.3, -0.25) is 4.79 Å². The molecule has 0 fully saturated rings. The lowest BCUT2D eigenvalue weighted by Crippen LogP contribution is -2.16.